The fourth-order valence-corrected chi connectivity index (χ4v) is 1.94. The number of cyclic esters (lactones) is 2. The normalized spacial score (nSPS) is 16.2. The molecule has 0 unspecified atom stereocenters. The van der Waals surface area contributed by atoms with Gasteiger partial charge < -0.3 is 19.5 Å². The first-order valence-corrected chi connectivity index (χ1v) is 7.04. The maximum Gasteiger partial charge on any atom is 0.355 e. The minimum absolute atomic E-state index is 0.0850. The SMILES string of the molecule is CCOC(=O)C(Nc1ccccc1)=C1C(=O)OC(C)(C)OC1=O. The van der Waals surface area contributed by atoms with Crippen LogP contribution in [-0.4, -0.2) is 30.3 Å². The van der Waals surface area contributed by atoms with Crippen LogP contribution in [0, 0.1) is 0 Å². The van der Waals surface area contributed by atoms with Crippen LogP contribution in [0.4, 0.5) is 5.69 Å². The number of hydrogen-bond acceptors (Lipinski definition) is 7. The number of para-hydroxylation sites is 1. The van der Waals surface area contributed by atoms with E-state index in [4.69, 9.17) is 14.2 Å². The van der Waals surface area contributed by atoms with E-state index in [1.54, 1.807) is 37.3 Å². The van der Waals surface area contributed by atoms with E-state index in [0.29, 0.717) is 5.69 Å². The van der Waals surface area contributed by atoms with Crippen molar-refractivity contribution < 1.29 is 28.6 Å². The molecule has 0 bridgehead atoms. The topological polar surface area (TPSA) is 90.9 Å². The predicted octanol–water partition coefficient (Wildman–Crippen LogP) is 1.75. The Balaban J connectivity index is 2.45. The summed E-state index contributed by atoms with van der Waals surface area (Å²) in [5.74, 6) is -4.13. The van der Waals surface area contributed by atoms with E-state index in [0.717, 1.165) is 0 Å². The molecule has 0 aromatic heterocycles. The summed E-state index contributed by atoms with van der Waals surface area (Å²) in [5.41, 5.74) is -0.330. The lowest BCUT2D eigenvalue weighted by atomic mass is 10.1. The highest BCUT2D eigenvalue weighted by molar-refractivity contribution is 6.20. The number of hydrogen-bond donors (Lipinski definition) is 1. The summed E-state index contributed by atoms with van der Waals surface area (Å²) in [7, 11) is 0. The fraction of sp³-hybridized carbons (Fsp3) is 0.312. The molecule has 0 spiro atoms. The minimum Gasteiger partial charge on any atom is -0.461 e. The zero-order chi connectivity index (χ0) is 17.0. The van der Waals surface area contributed by atoms with Crippen LogP contribution in [0.1, 0.15) is 20.8 Å². The first-order chi connectivity index (χ1) is 10.8. The molecule has 0 amide bonds. The quantitative estimate of drug-likeness (QED) is 0.513. The Morgan fingerprint density at radius 2 is 1.70 bits per heavy atom. The van der Waals surface area contributed by atoms with Gasteiger partial charge in [0.25, 0.3) is 5.79 Å². The van der Waals surface area contributed by atoms with E-state index in [9.17, 15) is 14.4 Å². The van der Waals surface area contributed by atoms with Crippen molar-refractivity contribution in [2.24, 2.45) is 0 Å². The van der Waals surface area contributed by atoms with Gasteiger partial charge in [-0.25, -0.2) is 14.4 Å². The number of nitrogens with one attached hydrogen (secondary N) is 1. The first kappa shape index (κ1) is 16.5. The van der Waals surface area contributed by atoms with Gasteiger partial charge in [-0.2, -0.15) is 0 Å². The second kappa shape index (κ2) is 6.51. The average molecular weight is 319 g/mol. The van der Waals surface area contributed by atoms with Crippen molar-refractivity contribution in [1.82, 2.24) is 0 Å². The Hall–Kier alpha value is -2.83. The molecule has 0 saturated carbocycles. The molecule has 7 nitrogen and oxygen atoms in total. The smallest absolute Gasteiger partial charge is 0.355 e. The number of rotatable bonds is 4. The second-order valence-electron chi connectivity index (χ2n) is 5.14. The van der Waals surface area contributed by atoms with Crippen LogP contribution in [0.15, 0.2) is 41.6 Å². The molecule has 1 N–H and O–H groups in total. The van der Waals surface area contributed by atoms with Gasteiger partial charge >= 0.3 is 17.9 Å². The summed E-state index contributed by atoms with van der Waals surface area (Å²) in [6, 6.07) is 8.59. The van der Waals surface area contributed by atoms with Gasteiger partial charge in [-0.05, 0) is 19.1 Å². The molecule has 1 fully saturated rings. The number of esters is 3. The third-order valence-electron chi connectivity index (χ3n) is 2.86. The van der Waals surface area contributed by atoms with Gasteiger partial charge in [-0.1, -0.05) is 18.2 Å². The molecule has 1 aliphatic rings. The lowest BCUT2D eigenvalue weighted by Gasteiger charge is -2.30. The van der Waals surface area contributed by atoms with Gasteiger partial charge in [-0.3, -0.25) is 0 Å². The maximum absolute atomic E-state index is 12.1. The van der Waals surface area contributed by atoms with E-state index >= 15 is 0 Å². The van der Waals surface area contributed by atoms with E-state index in [2.05, 4.69) is 5.32 Å². The molecule has 122 valence electrons. The largest absolute Gasteiger partial charge is 0.461 e. The maximum atomic E-state index is 12.1. The Bertz CT molecular complexity index is 640. The summed E-state index contributed by atoms with van der Waals surface area (Å²) in [4.78, 5) is 36.4. The monoisotopic (exact) mass is 319 g/mol. The van der Waals surface area contributed by atoms with E-state index in [1.165, 1.54) is 13.8 Å². The van der Waals surface area contributed by atoms with Crippen molar-refractivity contribution in [2.75, 3.05) is 11.9 Å². The lowest BCUT2D eigenvalue weighted by Crippen LogP contribution is -2.43. The molecule has 1 saturated heterocycles. The van der Waals surface area contributed by atoms with Gasteiger partial charge in [0.05, 0.1) is 6.61 Å². The van der Waals surface area contributed by atoms with Gasteiger partial charge in [-0.15, -0.1) is 0 Å². The fourth-order valence-electron chi connectivity index (χ4n) is 1.94. The number of carbonyl (C=O) groups excluding carboxylic acids is 3. The van der Waals surface area contributed by atoms with Crippen LogP contribution >= 0.6 is 0 Å². The van der Waals surface area contributed by atoms with Crippen molar-refractivity contribution in [3.63, 3.8) is 0 Å². The summed E-state index contributed by atoms with van der Waals surface area (Å²) in [6.45, 7) is 4.55. The Labute approximate surface area is 133 Å². The van der Waals surface area contributed by atoms with Crippen LogP contribution < -0.4 is 5.32 Å². The van der Waals surface area contributed by atoms with Gasteiger partial charge in [0.2, 0.25) is 0 Å². The molecule has 0 aliphatic carbocycles. The Morgan fingerprint density at radius 1 is 1.13 bits per heavy atom. The number of carbonyl (C=O) groups is 3. The number of anilines is 1. The highest BCUT2D eigenvalue weighted by Crippen LogP contribution is 2.26. The van der Waals surface area contributed by atoms with Crippen molar-refractivity contribution in [1.29, 1.82) is 0 Å². The summed E-state index contributed by atoms with van der Waals surface area (Å²) < 4.78 is 14.9. The van der Waals surface area contributed by atoms with Crippen molar-refractivity contribution in [2.45, 2.75) is 26.6 Å². The zero-order valence-electron chi connectivity index (χ0n) is 13.0. The van der Waals surface area contributed by atoms with E-state index in [1.807, 2.05) is 0 Å². The predicted molar refractivity (Wildman–Crippen MR) is 80.0 cm³/mol. The first-order valence-electron chi connectivity index (χ1n) is 7.04. The van der Waals surface area contributed by atoms with Gasteiger partial charge in [0.15, 0.2) is 5.57 Å². The van der Waals surface area contributed by atoms with Crippen molar-refractivity contribution >= 4 is 23.6 Å². The molecule has 1 aromatic carbocycles. The zero-order valence-corrected chi connectivity index (χ0v) is 13.0. The van der Waals surface area contributed by atoms with Gasteiger partial charge in [0, 0.05) is 19.5 Å². The Morgan fingerprint density at radius 3 is 2.22 bits per heavy atom. The Kier molecular flexibility index (Phi) is 4.68. The van der Waals surface area contributed by atoms with Crippen LogP contribution in [0.2, 0.25) is 0 Å². The van der Waals surface area contributed by atoms with E-state index < -0.39 is 29.3 Å². The van der Waals surface area contributed by atoms with Crippen LogP contribution in [0.3, 0.4) is 0 Å². The molecule has 7 heteroatoms. The molecule has 1 aromatic rings. The number of benzene rings is 1. The van der Waals surface area contributed by atoms with Crippen molar-refractivity contribution in [3.05, 3.63) is 41.6 Å². The average Bonchev–Trinajstić information content (AvgIpc) is 2.45. The van der Waals surface area contributed by atoms with E-state index in [-0.39, 0.29) is 12.3 Å². The molecular formula is C16H17NO6. The molecule has 1 aliphatic heterocycles. The second-order valence-corrected chi connectivity index (χ2v) is 5.14. The van der Waals surface area contributed by atoms with Crippen LogP contribution in [0.25, 0.3) is 0 Å². The molecular weight excluding hydrogens is 302 g/mol. The summed E-state index contributed by atoms with van der Waals surface area (Å²) in [6.07, 6.45) is 0. The molecule has 1 heterocycles. The summed E-state index contributed by atoms with van der Waals surface area (Å²) >= 11 is 0. The summed E-state index contributed by atoms with van der Waals surface area (Å²) in [5, 5.41) is 2.72. The van der Waals surface area contributed by atoms with Gasteiger partial charge in [0.1, 0.15) is 5.70 Å². The highest BCUT2D eigenvalue weighted by atomic mass is 16.7. The standard InChI is InChI=1S/C16H17NO6/c1-4-21-15(20)12(17-10-8-6-5-7-9-10)11-13(18)22-16(2,3)23-14(11)19/h5-9,17H,4H2,1-3H3. The third kappa shape index (κ3) is 3.88. The van der Waals surface area contributed by atoms with Crippen LogP contribution in [-0.2, 0) is 28.6 Å². The van der Waals surface area contributed by atoms with Crippen molar-refractivity contribution in [3.8, 4) is 0 Å². The van der Waals surface area contributed by atoms with Crippen LogP contribution in [0.5, 0.6) is 0 Å². The molecule has 2 rings (SSSR count). The highest BCUT2D eigenvalue weighted by Gasteiger charge is 2.42. The molecule has 0 atom stereocenters. The lowest BCUT2D eigenvalue weighted by molar-refractivity contribution is -0.222. The molecule has 0 radical (unpaired) electrons. The minimum atomic E-state index is -1.38. The molecule has 23 heavy (non-hydrogen) atoms. The third-order valence-corrected chi connectivity index (χ3v) is 2.86. The number of ether oxygens (including phenoxy) is 3.